The summed E-state index contributed by atoms with van der Waals surface area (Å²) in [6.07, 6.45) is 1.83. The zero-order valence-corrected chi connectivity index (χ0v) is 12.5. The molecule has 2 aromatic rings. The molecule has 0 spiro atoms. The van der Waals surface area contributed by atoms with Gasteiger partial charge in [0.05, 0.1) is 5.69 Å². The lowest BCUT2D eigenvalue weighted by Crippen LogP contribution is -2.24. The van der Waals surface area contributed by atoms with E-state index in [-0.39, 0.29) is 12.1 Å². The van der Waals surface area contributed by atoms with E-state index in [0.717, 1.165) is 4.47 Å². The van der Waals surface area contributed by atoms with Gasteiger partial charge in [0.1, 0.15) is 0 Å². The summed E-state index contributed by atoms with van der Waals surface area (Å²) in [4.78, 5) is 0. The number of halogens is 1. The SMILES string of the molecule is CC(N[C@@H](C)c1ccccc1Br)c1ccnn1C. The Morgan fingerprint density at radius 3 is 2.50 bits per heavy atom. The highest BCUT2D eigenvalue weighted by Crippen LogP contribution is 2.25. The average molecular weight is 308 g/mol. The molecule has 96 valence electrons. The summed E-state index contributed by atoms with van der Waals surface area (Å²) in [5.74, 6) is 0. The van der Waals surface area contributed by atoms with Crippen LogP contribution in [0.2, 0.25) is 0 Å². The first-order valence-electron chi connectivity index (χ1n) is 6.08. The van der Waals surface area contributed by atoms with Gasteiger partial charge in [-0.1, -0.05) is 34.1 Å². The second kappa shape index (κ2) is 5.67. The summed E-state index contributed by atoms with van der Waals surface area (Å²) < 4.78 is 3.05. The van der Waals surface area contributed by atoms with Gasteiger partial charge in [0.15, 0.2) is 0 Å². The van der Waals surface area contributed by atoms with Crippen molar-refractivity contribution >= 4 is 15.9 Å². The van der Waals surface area contributed by atoms with Crippen molar-refractivity contribution in [3.63, 3.8) is 0 Å². The maximum Gasteiger partial charge on any atom is 0.0547 e. The molecule has 0 amide bonds. The quantitative estimate of drug-likeness (QED) is 0.935. The minimum Gasteiger partial charge on any atom is -0.302 e. The maximum absolute atomic E-state index is 4.20. The van der Waals surface area contributed by atoms with Crippen molar-refractivity contribution in [2.75, 3.05) is 0 Å². The van der Waals surface area contributed by atoms with E-state index < -0.39 is 0 Å². The molecule has 1 aromatic carbocycles. The summed E-state index contributed by atoms with van der Waals surface area (Å²) in [6, 6.07) is 10.9. The van der Waals surface area contributed by atoms with Gasteiger partial charge in [-0.05, 0) is 31.5 Å². The molecule has 0 aliphatic rings. The number of nitrogens with zero attached hydrogens (tertiary/aromatic N) is 2. The molecule has 18 heavy (non-hydrogen) atoms. The van der Waals surface area contributed by atoms with Crippen molar-refractivity contribution in [3.8, 4) is 0 Å². The average Bonchev–Trinajstić information content (AvgIpc) is 2.76. The standard InChI is InChI=1S/C14H18BrN3/c1-10(12-6-4-5-7-13(12)15)17-11(2)14-8-9-16-18(14)3/h4-11,17H,1-3H3/t10-,11?/m0/s1. The van der Waals surface area contributed by atoms with Crippen molar-refractivity contribution in [1.29, 1.82) is 0 Å². The fourth-order valence-corrected chi connectivity index (χ4v) is 2.81. The molecular weight excluding hydrogens is 290 g/mol. The van der Waals surface area contributed by atoms with Crippen molar-refractivity contribution in [2.24, 2.45) is 7.05 Å². The van der Waals surface area contributed by atoms with Crippen molar-refractivity contribution in [2.45, 2.75) is 25.9 Å². The first kappa shape index (κ1) is 13.3. The zero-order chi connectivity index (χ0) is 13.1. The Balaban J connectivity index is 2.11. The van der Waals surface area contributed by atoms with E-state index in [1.807, 2.05) is 30.1 Å². The Morgan fingerprint density at radius 2 is 1.89 bits per heavy atom. The fraction of sp³-hybridized carbons (Fsp3) is 0.357. The molecule has 2 rings (SSSR count). The largest absolute Gasteiger partial charge is 0.302 e. The topological polar surface area (TPSA) is 29.9 Å². The Morgan fingerprint density at radius 1 is 1.17 bits per heavy atom. The van der Waals surface area contributed by atoms with Crippen LogP contribution in [0.25, 0.3) is 0 Å². The first-order chi connectivity index (χ1) is 8.59. The Bertz CT molecular complexity index is 521. The van der Waals surface area contributed by atoms with E-state index in [1.165, 1.54) is 11.3 Å². The van der Waals surface area contributed by atoms with Gasteiger partial charge in [-0.3, -0.25) is 4.68 Å². The van der Waals surface area contributed by atoms with E-state index >= 15 is 0 Å². The smallest absolute Gasteiger partial charge is 0.0547 e. The van der Waals surface area contributed by atoms with Crippen molar-refractivity contribution in [3.05, 3.63) is 52.3 Å². The van der Waals surface area contributed by atoms with Gasteiger partial charge in [-0.15, -0.1) is 0 Å². The third-order valence-electron chi connectivity index (χ3n) is 3.17. The minimum atomic E-state index is 0.264. The molecule has 1 heterocycles. The molecular formula is C14H18BrN3. The van der Waals surface area contributed by atoms with Gasteiger partial charge in [0, 0.05) is 29.8 Å². The molecule has 0 fully saturated rings. The third kappa shape index (κ3) is 2.82. The molecule has 0 saturated heterocycles. The van der Waals surface area contributed by atoms with Gasteiger partial charge in [0.2, 0.25) is 0 Å². The Labute approximate surface area is 116 Å². The van der Waals surface area contributed by atoms with E-state index in [2.05, 4.69) is 58.4 Å². The molecule has 0 aliphatic heterocycles. The van der Waals surface area contributed by atoms with E-state index in [1.54, 1.807) is 0 Å². The number of aryl methyl sites for hydroxylation is 1. The number of benzene rings is 1. The number of aromatic nitrogens is 2. The number of nitrogens with one attached hydrogen (secondary N) is 1. The Kier molecular flexibility index (Phi) is 4.19. The lowest BCUT2D eigenvalue weighted by atomic mass is 10.1. The lowest BCUT2D eigenvalue weighted by molar-refractivity contribution is 0.468. The molecule has 3 nitrogen and oxygen atoms in total. The number of hydrogen-bond donors (Lipinski definition) is 1. The fourth-order valence-electron chi connectivity index (χ4n) is 2.19. The van der Waals surface area contributed by atoms with Gasteiger partial charge in [-0.2, -0.15) is 5.10 Å². The van der Waals surface area contributed by atoms with Crippen LogP contribution >= 0.6 is 15.9 Å². The molecule has 0 aliphatic carbocycles. The van der Waals surface area contributed by atoms with Crippen LogP contribution in [0, 0.1) is 0 Å². The summed E-state index contributed by atoms with van der Waals surface area (Å²) in [5.41, 5.74) is 2.46. The minimum absolute atomic E-state index is 0.264. The molecule has 2 atom stereocenters. The monoisotopic (exact) mass is 307 g/mol. The number of hydrogen-bond acceptors (Lipinski definition) is 2. The molecule has 0 radical (unpaired) electrons. The van der Waals surface area contributed by atoms with Crippen LogP contribution < -0.4 is 5.32 Å². The van der Waals surface area contributed by atoms with Gasteiger partial charge in [0.25, 0.3) is 0 Å². The highest BCUT2D eigenvalue weighted by atomic mass is 79.9. The van der Waals surface area contributed by atoms with Crippen LogP contribution in [0.5, 0.6) is 0 Å². The summed E-state index contributed by atoms with van der Waals surface area (Å²) >= 11 is 3.59. The normalized spacial score (nSPS) is 14.4. The summed E-state index contributed by atoms with van der Waals surface area (Å²) in [6.45, 7) is 4.33. The molecule has 1 unspecified atom stereocenters. The zero-order valence-electron chi connectivity index (χ0n) is 10.9. The van der Waals surface area contributed by atoms with Crippen LogP contribution in [0.4, 0.5) is 0 Å². The van der Waals surface area contributed by atoms with Gasteiger partial charge in [-0.25, -0.2) is 0 Å². The molecule has 4 heteroatoms. The summed E-state index contributed by atoms with van der Waals surface area (Å²) in [5, 5.41) is 7.79. The van der Waals surface area contributed by atoms with Gasteiger partial charge >= 0.3 is 0 Å². The molecule has 1 N–H and O–H groups in total. The molecule has 1 aromatic heterocycles. The van der Waals surface area contributed by atoms with Crippen LogP contribution in [0.1, 0.15) is 37.2 Å². The van der Waals surface area contributed by atoms with E-state index in [4.69, 9.17) is 0 Å². The second-order valence-electron chi connectivity index (χ2n) is 4.51. The first-order valence-corrected chi connectivity index (χ1v) is 6.87. The Hall–Kier alpha value is -1.13. The van der Waals surface area contributed by atoms with E-state index in [9.17, 15) is 0 Å². The highest BCUT2D eigenvalue weighted by Gasteiger charge is 2.14. The van der Waals surface area contributed by atoms with Crippen molar-refractivity contribution in [1.82, 2.24) is 15.1 Å². The van der Waals surface area contributed by atoms with Crippen LogP contribution in [-0.2, 0) is 7.05 Å². The maximum atomic E-state index is 4.20. The van der Waals surface area contributed by atoms with Crippen LogP contribution in [0.15, 0.2) is 41.0 Å². The highest BCUT2D eigenvalue weighted by molar-refractivity contribution is 9.10. The molecule has 0 bridgehead atoms. The predicted octanol–water partition coefficient (Wildman–Crippen LogP) is 3.59. The second-order valence-corrected chi connectivity index (χ2v) is 5.37. The summed E-state index contributed by atoms with van der Waals surface area (Å²) in [7, 11) is 1.97. The molecule has 0 saturated carbocycles. The van der Waals surface area contributed by atoms with Gasteiger partial charge < -0.3 is 5.32 Å². The van der Waals surface area contributed by atoms with Crippen LogP contribution in [-0.4, -0.2) is 9.78 Å². The van der Waals surface area contributed by atoms with E-state index in [0.29, 0.717) is 0 Å². The third-order valence-corrected chi connectivity index (χ3v) is 3.90. The van der Waals surface area contributed by atoms with Crippen LogP contribution in [0.3, 0.4) is 0 Å². The van der Waals surface area contributed by atoms with Crippen molar-refractivity contribution < 1.29 is 0 Å². The number of rotatable bonds is 4. The predicted molar refractivity (Wildman–Crippen MR) is 77.3 cm³/mol. The lowest BCUT2D eigenvalue weighted by Gasteiger charge is -2.21.